The molecule has 43 heavy (non-hydrogen) atoms. The van der Waals surface area contributed by atoms with Crippen molar-refractivity contribution in [2.75, 3.05) is 56.4 Å². The van der Waals surface area contributed by atoms with Crippen LogP contribution in [-0.4, -0.2) is 72.8 Å². The molecular formula is C31H38F3N7O2. The van der Waals surface area contributed by atoms with Gasteiger partial charge in [0.1, 0.15) is 5.69 Å². The molecule has 9 nitrogen and oxygen atoms in total. The Balaban J connectivity index is 2.08. The van der Waals surface area contributed by atoms with Gasteiger partial charge in [-0.25, -0.2) is 9.97 Å². The zero-order valence-corrected chi connectivity index (χ0v) is 25.1. The first-order valence-corrected chi connectivity index (χ1v) is 13.8. The van der Waals surface area contributed by atoms with E-state index in [-0.39, 0.29) is 29.0 Å². The molecule has 1 amide bonds. The Kier molecular flexibility index (Phi) is 11.6. The van der Waals surface area contributed by atoms with Crippen molar-refractivity contribution in [3.05, 3.63) is 78.1 Å². The Morgan fingerprint density at radius 1 is 1.09 bits per heavy atom. The number of hydrogen-bond donors (Lipinski definition) is 2. The fraction of sp³-hybridized carbons (Fsp3) is 0.355. The third-order valence-corrected chi connectivity index (χ3v) is 6.32. The molecule has 2 heterocycles. The van der Waals surface area contributed by atoms with Crippen molar-refractivity contribution >= 4 is 34.6 Å². The van der Waals surface area contributed by atoms with Crippen LogP contribution in [0.3, 0.4) is 0 Å². The van der Waals surface area contributed by atoms with Crippen molar-refractivity contribution in [1.82, 2.24) is 19.9 Å². The van der Waals surface area contributed by atoms with Crippen LogP contribution in [0, 0.1) is 0 Å². The third kappa shape index (κ3) is 9.53. The molecule has 0 fully saturated rings. The average Bonchev–Trinajstić information content (AvgIpc) is 2.96. The van der Waals surface area contributed by atoms with Crippen LogP contribution in [0.4, 0.5) is 36.3 Å². The molecule has 0 saturated heterocycles. The molecule has 0 unspecified atom stereocenters. The number of hydrogen-bond acceptors (Lipinski definition) is 8. The van der Waals surface area contributed by atoms with Crippen molar-refractivity contribution in [3.8, 4) is 5.88 Å². The van der Waals surface area contributed by atoms with Crippen LogP contribution in [0.5, 0.6) is 5.88 Å². The molecule has 0 atom stereocenters. The zero-order valence-electron chi connectivity index (χ0n) is 25.1. The fourth-order valence-corrected chi connectivity index (χ4v) is 4.26. The first-order valence-electron chi connectivity index (χ1n) is 13.8. The van der Waals surface area contributed by atoms with Crippen molar-refractivity contribution in [1.29, 1.82) is 0 Å². The molecule has 230 valence electrons. The predicted octanol–water partition coefficient (Wildman–Crippen LogP) is 6.08. The number of aromatic nitrogens is 3. The van der Waals surface area contributed by atoms with E-state index >= 15 is 0 Å². The molecule has 2 N–H and O–H groups in total. The van der Waals surface area contributed by atoms with Crippen LogP contribution in [0.1, 0.15) is 37.1 Å². The maximum atomic E-state index is 13.2. The van der Waals surface area contributed by atoms with Gasteiger partial charge in [-0.05, 0) is 56.8 Å². The summed E-state index contributed by atoms with van der Waals surface area (Å²) in [5, 5.41) is 5.65. The number of alkyl halides is 3. The largest absolute Gasteiger partial charge is 0.466 e. The van der Waals surface area contributed by atoms with Gasteiger partial charge in [0.25, 0.3) is 0 Å². The Bertz CT molecular complexity index is 1440. The van der Waals surface area contributed by atoms with Crippen molar-refractivity contribution in [2.45, 2.75) is 32.9 Å². The number of carbonyl (C=O) groups excluding carboxylic acids is 1. The molecule has 3 rings (SSSR count). The lowest BCUT2D eigenvalue weighted by atomic mass is 9.94. The maximum absolute atomic E-state index is 13.2. The van der Waals surface area contributed by atoms with Gasteiger partial charge >= 0.3 is 6.18 Å². The van der Waals surface area contributed by atoms with Gasteiger partial charge in [0.2, 0.25) is 17.7 Å². The second-order valence-corrected chi connectivity index (χ2v) is 10.0. The number of allylic oxidation sites excluding steroid dienone is 1. The lowest BCUT2D eigenvalue weighted by Gasteiger charge is -2.25. The standard InChI is InChI=1S/C31H38F3N7O2/c1-7-12-21-13-10-11-14-23(21)22(8-2)24-15-16-35-30(37-24)38-26-19-25(36-27(42)9-3)28(41(6)18-17-40(4)5)39-29(26)43-20-31(32,33)34/h8-11,13-16,19H,3,7,12,17-18,20H2,1-2,4-6H3,(H,36,42)(H,35,37,38)/b22-8+. The van der Waals surface area contributed by atoms with Crippen molar-refractivity contribution in [2.24, 2.45) is 0 Å². The van der Waals surface area contributed by atoms with Gasteiger partial charge in [-0.1, -0.05) is 50.3 Å². The summed E-state index contributed by atoms with van der Waals surface area (Å²) in [7, 11) is 5.50. The van der Waals surface area contributed by atoms with Crippen molar-refractivity contribution in [3.63, 3.8) is 0 Å². The number of halogens is 3. The molecule has 0 radical (unpaired) electrons. The summed E-state index contributed by atoms with van der Waals surface area (Å²) < 4.78 is 44.8. The normalized spacial score (nSPS) is 11.8. The van der Waals surface area contributed by atoms with E-state index in [0.29, 0.717) is 18.8 Å². The maximum Gasteiger partial charge on any atom is 0.422 e. The molecule has 2 aromatic heterocycles. The Morgan fingerprint density at radius 3 is 2.49 bits per heavy atom. The number of nitrogens with zero attached hydrogens (tertiary/aromatic N) is 5. The van der Waals surface area contributed by atoms with Gasteiger partial charge < -0.3 is 25.2 Å². The summed E-state index contributed by atoms with van der Waals surface area (Å²) in [6, 6.07) is 11.3. The number of benzene rings is 1. The average molecular weight is 598 g/mol. The van der Waals surface area contributed by atoms with Gasteiger partial charge in [-0.3, -0.25) is 4.79 Å². The summed E-state index contributed by atoms with van der Waals surface area (Å²) in [6.45, 7) is 7.05. The summed E-state index contributed by atoms with van der Waals surface area (Å²) in [4.78, 5) is 29.3. The highest BCUT2D eigenvalue weighted by atomic mass is 19.4. The van der Waals surface area contributed by atoms with E-state index in [1.54, 1.807) is 24.2 Å². The lowest BCUT2D eigenvalue weighted by Crippen LogP contribution is -2.30. The van der Waals surface area contributed by atoms with E-state index in [9.17, 15) is 18.0 Å². The number of carbonyl (C=O) groups is 1. The number of pyridine rings is 1. The summed E-state index contributed by atoms with van der Waals surface area (Å²) >= 11 is 0. The summed E-state index contributed by atoms with van der Waals surface area (Å²) in [5.41, 5.74) is 4.00. The van der Waals surface area contributed by atoms with E-state index in [4.69, 9.17) is 4.74 Å². The van der Waals surface area contributed by atoms with Gasteiger partial charge in [-0.2, -0.15) is 18.2 Å². The fourth-order valence-electron chi connectivity index (χ4n) is 4.26. The molecule has 0 bridgehead atoms. The highest BCUT2D eigenvalue weighted by Crippen LogP contribution is 2.36. The predicted molar refractivity (Wildman–Crippen MR) is 165 cm³/mol. The first kappa shape index (κ1) is 33.1. The molecule has 0 aliphatic carbocycles. The number of nitrogens with one attached hydrogen (secondary N) is 2. The van der Waals surface area contributed by atoms with Crippen LogP contribution in [0.25, 0.3) is 5.57 Å². The van der Waals surface area contributed by atoms with Gasteiger partial charge in [0, 0.05) is 31.9 Å². The van der Waals surface area contributed by atoms with Crippen LogP contribution in [0.2, 0.25) is 0 Å². The second kappa shape index (κ2) is 15.1. The Hall–Kier alpha value is -4.45. The third-order valence-electron chi connectivity index (χ3n) is 6.32. The van der Waals surface area contributed by atoms with Crippen molar-refractivity contribution < 1.29 is 22.7 Å². The highest BCUT2D eigenvalue weighted by Gasteiger charge is 2.30. The van der Waals surface area contributed by atoms with Crippen LogP contribution in [-0.2, 0) is 11.2 Å². The minimum atomic E-state index is -4.60. The van der Waals surface area contributed by atoms with E-state index in [1.165, 1.54) is 11.6 Å². The lowest BCUT2D eigenvalue weighted by molar-refractivity contribution is -0.153. The zero-order chi connectivity index (χ0) is 31.6. The van der Waals surface area contributed by atoms with E-state index in [1.807, 2.05) is 50.2 Å². The second-order valence-electron chi connectivity index (χ2n) is 10.0. The number of anilines is 4. The highest BCUT2D eigenvalue weighted by molar-refractivity contribution is 6.01. The topological polar surface area (TPSA) is 95.5 Å². The first-order chi connectivity index (χ1) is 20.4. The minimum absolute atomic E-state index is 0.0407. The number of rotatable bonds is 14. The van der Waals surface area contributed by atoms with Crippen LogP contribution < -0.4 is 20.3 Å². The van der Waals surface area contributed by atoms with E-state index in [2.05, 4.69) is 45.2 Å². The molecule has 3 aromatic rings. The van der Waals surface area contributed by atoms with Crippen LogP contribution in [0.15, 0.2) is 61.3 Å². The minimum Gasteiger partial charge on any atom is -0.466 e. The number of aryl methyl sites for hydroxylation is 1. The number of ether oxygens (including phenoxy) is 1. The van der Waals surface area contributed by atoms with Gasteiger partial charge in [0.05, 0.1) is 11.4 Å². The Morgan fingerprint density at radius 2 is 1.84 bits per heavy atom. The molecule has 0 spiro atoms. The molecule has 0 aliphatic rings. The molecular weight excluding hydrogens is 559 g/mol. The number of amides is 1. The van der Waals surface area contributed by atoms with E-state index < -0.39 is 18.7 Å². The molecule has 0 saturated carbocycles. The van der Waals surface area contributed by atoms with Gasteiger partial charge in [0.15, 0.2) is 12.4 Å². The molecule has 0 aliphatic heterocycles. The molecule has 12 heteroatoms. The number of likely N-dealkylation sites (N-methyl/N-ethyl adjacent to an activating group) is 2. The molecule has 1 aromatic carbocycles. The summed E-state index contributed by atoms with van der Waals surface area (Å²) in [6.07, 6.45) is 1.87. The Labute approximate surface area is 250 Å². The SMILES string of the molecule is C=CC(=O)Nc1cc(Nc2nccc(/C(=C/C)c3ccccc3CCC)n2)c(OCC(F)(F)F)nc1N(C)CCN(C)C. The van der Waals surface area contributed by atoms with E-state index in [0.717, 1.165) is 30.1 Å². The smallest absolute Gasteiger partial charge is 0.422 e. The van der Waals surface area contributed by atoms with Gasteiger partial charge in [-0.15, -0.1) is 0 Å². The monoisotopic (exact) mass is 597 g/mol. The quantitative estimate of drug-likeness (QED) is 0.216. The van der Waals surface area contributed by atoms with Crippen LogP contribution >= 0.6 is 0 Å². The summed E-state index contributed by atoms with van der Waals surface area (Å²) in [5.74, 6) is -0.508.